The van der Waals surface area contributed by atoms with Gasteiger partial charge in [0.25, 0.3) is 0 Å². The molecule has 7 aliphatic rings. The third kappa shape index (κ3) is 4.09. The van der Waals surface area contributed by atoms with Crippen molar-refractivity contribution in [1.82, 2.24) is 0 Å². The number of aliphatic hydroxyl groups excluding tert-OH is 4. The van der Waals surface area contributed by atoms with Crippen molar-refractivity contribution < 1.29 is 49.3 Å². The van der Waals surface area contributed by atoms with Crippen LogP contribution in [0.2, 0.25) is 0 Å². The van der Waals surface area contributed by atoms with Crippen LogP contribution in [-0.2, 0) is 23.8 Å². The van der Waals surface area contributed by atoms with E-state index in [0.29, 0.717) is 23.8 Å². The zero-order valence-corrected chi connectivity index (χ0v) is 28.0. The van der Waals surface area contributed by atoms with Crippen LogP contribution in [0.15, 0.2) is 11.6 Å². The Morgan fingerprint density at radius 1 is 0.957 bits per heavy atom. The number of cyclic esters (lactones) is 1. The minimum atomic E-state index is -1.58. The molecule has 2 heterocycles. The lowest BCUT2D eigenvalue weighted by Gasteiger charge is -2.63. The first kappa shape index (κ1) is 33.0. The van der Waals surface area contributed by atoms with E-state index in [0.717, 1.165) is 57.8 Å². The molecule has 6 fully saturated rings. The molecule has 0 aromatic rings. The van der Waals surface area contributed by atoms with Crippen LogP contribution in [0, 0.1) is 50.7 Å². The van der Waals surface area contributed by atoms with Gasteiger partial charge in [0, 0.05) is 12.0 Å². The van der Waals surface area contributed by atoms with E-state index in [1.54, 1.807) is 6.92 Å². The summed E-state index contributed by atoms with van der Waals surface area (Å²) in [5.74, 6) is 0.0206. The van der Waals surface area contributed by atoms with Crippen LogP contribution < -0.4 is 0 Å². The number of hydrogen-bond donors (Lipinski definition) is 5. The summed E-state index contributed by atoms with van der Waals surface area (Å²) in [4.78, 5) is 25.7. The fraction of sp³-hybridized carbons (Fsp3) is 0.889. The Morgan fingerprint density at radius 3 is 2.33 bits per heavy atom. The van der Waals surface area contributed by atoms with E-state index < -0.39 is 54.8 Å². The van der Waals surface area contributed by atoms with Gasteiger partial charge in [0.05, 0.1) is 18.1 Å². The number of carbonyl (C=O) groups is 2. The minimum Gasteiger partial charge on any atom is -0.481 e. The van der Waals surface area contributed by atoms with Crippen molar-refractivity contribution in [3.63, 3.8) is 0 Å². The van der Waals surface area contributed by atoms with Crippen molar-refractivity contribution in [2.75, 3.05) is 6.61 Å². The molecule has 2 aliphatic heterocycles. The van der Waals surface area contributed by atoms with E-state index in [2.05, 4.69) is 20.8 Å². The Morgan fingerprint density at radius 2 is 1.65 bits per heavy atom. The molecule has 0 aromatic carbocycles. The Kier molecular flexibility index (Phi) is 7.68. The topological polar surface area (TPSA) is 163 Å². The van der Waals surface area contributed by atoms with Crippen molar-refractivity contribution in [3.8, 4) is 0 Å². The van der Waals surface area contributed by atoms with Gasteiger partial charge in [0.2, 0.25) is 0 Å². The number of rotatable bonds is 6. The predicted molar refractivity (Wildman–Crippen MR) is 165 cm³/mol. The van der Waals surface area contributed by atoms with E-state index in [-0.39, 0.29) is 45.6 Å². The fourth-order valence-corrected chi connectivity index (χ4v) is 13.0. The van der Waals surface area contributed by atoms with E-state index >= 15 is 0 Å². The highest BCUT2D eigenvalue weighted by atomic mass is 16.7. The molecule has 258 valence electrons. The van der Waals surface area contributed by atoms with Crippen LogP contribution in [0.25, 0.3) is 0 Å². The van der Waals surface area contributed by atoms with E-state index in [4.69, 9.17) is 14.2 Å². The molecular formula is C36H54O10. The summed E-state index contributed by atoms with van der Waals surface area (Å²) in [6.07, 6.45) is 3.43. The smallest absolute Gasteiger partial charge is 0.333 e. The lowest BCUT2D eigenvalue weighted by molar-refractivity contribution is -0.326. The molecule has 5 aliphatic carbocycles. The molecule has 0 bridgehead atoms. The minimum absolute atomic E-state index is 0.0758. The van der Waals surface area contributed by atoms with Gasteiger partial charge in [-0.3, -0.25) is 4.79 Å². The summed E-state index contributed by atoms with van der Waals surface area (Å²) in [6.45, 7) is 10.3. The second-order valence-corrected chi connectivity index (χ2v) is 17.0. The highest BCUT2D eigenvalue weighted by molar-refractivity contribution is 5.88. The summed E-state index contributed by atoms with van der Waals surface area (Å²) in [5.41, 5.74) is -0.273. The van der Waals surface area contributed by atoms with Gasteiger partial charge in [-0.25, -0.2) is 4.79 Å². The average Bonchev–Trinajstić information content (AvgIpc) is 3.61. The molecule has 1 saturated heterocycles. The number of carbonyl (C=O) groups excluding carboxylic acids is 1. The maximum Gasteiger partial charge on any atom is 0.333 e. The Bertz CT molecular complexity index is 1300. The molecule has 5 saturated carbocycles. The van der Waals surface area contributed by atoms with Gasteiger partial charge >= 0.3 is 11.9 Å². The second kappa shape index (κ2) is 10.7. The maximum atomic E-state index is 13.3. The van der Waals surface area contributed by atoms with Crippen molar-refractivity contribution >= 4 is 11.9 Å². The highest BCUT2D eigenvalue weighted by Crippen LogP contribution is 2.89. The number of carboxylic acids is 1. The molecule has 16 atom stereocenters. The van der Waals surface area contributed by atoms with Crippen LogP contribution >= 0.6 is 0 Å². The van der Waals surface area contributed by atoms with E-state index in [9.17, 15) is 35.1 Å². The summed E-state index contributed by atoms with van der Waals surface area (Å²) < 4.78 is 17.9. The first-order valence-corrected chi connectivity index (χ1v) is 17.7. The SMILES string of the molecule is CC1=CC[C@@H]([C@@H](C)[C@H]2CC[C@@]3(C)[C@@H]4CC[C@H]5[C@@](C)(C(=O)O)[C@@H](O[C@@H]6O[C@H](CO)[C@@H](O)[C@H](O)[C@H]6O)CC[C@@]56C[C@@]46CC[C@]23C)OC1=O. The molecular weight excluding hydrogens is 592 g/mol. The summed E-state index contributed by atoms with van der Waals surface area (Å²) in [5, 5.41) is 51.8. The van der Waals surface area contributed by atoms with Gasteiger partial charge < -0.3 is 39.7 Å². The van der Waals surface area contributed by atoms with Crippen molar-refractivity contribution in [2.45, 2.75) is 142 Å². The number of fused-ring (bicyclic) bond motifs is 2. The van der Waals surface area contributed by atoms with Crippen LogP contribution in [0.1, 0.15) is 98.8 Å². The number of hydrogen-bond acceptors (Lipinski definition) is 9. The van der Waals surface area contributed by atoms with Gasteiger partial charge in [-0.2, -0.15) is 0 Å². The van der Waals surface area contributed by atoms with Crippen molar-refractivity contribution in [1.29, 1.82) is 0 Å². The van der Waals surface area contributed by atoms with Gasteiger partial charge in [-0.05, 0) is 117 Å². The summed E-state index contributed by atoms with van der Waals surface area (Å²) in [6, 6.07) is 0. The second-order valence-electron chi connectivity index (χ2n) is 17.0. The summed E-state index contributed by atoms with van der Waals surface area (Å²) >= 11 is 0. The third-order valence-electron chi connectivity index (χ3n) is 15.8. The number of aliphatic carboxylic acids is 1. The molecule has 2 spiro atoms. The first-order chi connectivity index (χ1) is 21.6. The van der Waals surface area contributed by atoms with Crippen LogP contribution in [0.5, 0.6) is 0 Å². The molecule has 7 rings (SSSR count). The Labute approximate surface area is 271 Å². The lowest BCUT2D eigenvalue weighted by Crippen LogP contribution is -2.63. The number of ether oxygens (including phenoxy) is 3. The summed E-state index contributed by atoms with van der Waals surface area (Å²) in [7, 11) is 0. The number of esters is 1. The monoisotopic (exact) mass is 646 g/mol. The normalized spacial score (nSPS) is 55.2. The molecule has 5 N–H and O–H groups in total. The molecule has 46 heavy (non-hydrogen) atoms. The fourth-order valence-electron chi connectivity index (χ4n) is 13.0. The van der Waals surface area contributed by atoms with Crippen LogP contribution in [-0.4, -0.2) is 87.0 Å². The Hall–Kier alpha value is -1.56. The van der Waals surface area contributed by atoms with Gasteiger partial charge in [-0.1, -0.05) is 26.8 Å². The maximum absolute atomic E-state index is 13.3. The largest absolute Gasteiger partial charge is 0.481 e. The standard InChI is InChI=1S/C36H54O10/c1-18-6-7-21(44-29(18)41)19(2)20-10-12-33(4)23-8-9-24-34(5,31(42)43)25(46-30-28(40)27(39)26(38)22(16-37)45-30)11-13-35(24)17-36(23,35)15-14-32(20,33)3/h6,19-28,30,37-40H,7-17H2,1-5H3,(H,42,43)/t19-,20+,21-,22+,23-,24-,25-,26+,27-,28+,30-,32+,33-,34+,35+,36-/m0/s1. The predicted octanol–water partition coefficient (Wildman–Crippen LogP) is 3.57. The molecule has 0 radical (unpaired) electrons. The first-order valence-electron chi connectivity index (χ1n) is 17.7. The van der Waals surface area contributed by atoms with Gasteiger partial charge in [-0.15, -0.1) is 0 Å². The van der Waals surface area contributed by atoms with Crippen molar-refractivity contribution in [3.05, 3.63) is 11.6 Å². The molecule has 0 amide bonds. The van der Waals surface area contributed by atoms with Gasteiger partial charge in [0.1, 0.15) is 30.5 Å². The molecule has 0 aromatic heterocycles. The third-order valence-corrected chi connectivity index (χ3v) is 15.8. The highest BCUT2D eigenvalue weighted by Gasteiger charge is 2.83. The number of aliphatic hydroxyl groups is 4. The lowest BCUT2D eigenvalue weighted by atomic mass is 9.41. The molecule has 10 nitrogen and oxygen atoms in total. The van der Waals surface area contributed by atoms with Gasteiger partial charge in [0.15, 0.2) is 6.29 Å². The number of carboxylic acid groups (broad SMARTS) is 1. The van der Waals surface area contributed by atoms with E-state index in [1.807, 2.05) is 13.0 Å². The zero-order chi connectivity index (χ0) is 33.2. The average molecular weight is 647 g/mol. The van der Waals surface area contributed by atoms with Crippen LogP contribution in [0.4, 0.5) is 0 Å². The van der Waals surface area contributed by atoms with Crippen LogP contribution in [0.3, 0.4) is 0 Å². The van der Waals surface area contributed by atoms with E-state index in [1.165, 1.54) is 0 Å². The van der Waals surface area contributed by atoms with Crippen molar-refractivity contribution in [2.24, 2.45) is 50.7 Å². The Balaban J connectivity index is 1.13. The zero-order valence-electron chi connectivity index (χ0n) is 28.0. The molecule has 10 heteroatoms. The molecule has 0 unspecified atom stereocenters. The quantitative estimate of drug-likeness (QED) is 0.213.